The minimum absolute atomic E-state index is 0.126. The Morgan fingerprint density at radius 3 is 2.30 bits per heavy atom. The van der Waals surface area contributed by atoms with E-state index < -0.39 is 17.7 Å². The van der Waals surface area contributed by atoms with Crippen molar-refractivity contribution in [3.05, 3.63) is 29.8 Å². The number of amides is 1. The van der Waals surface area contributed by atoms with E-state index in [1.165, 1.54) is 0 Å². The molecule has 1 amide bonds. The molecule has 1 N–H and O–H groups in total. The van der Waals surface area contributed by atoms with E-state index in [-0.39, 0.29) is 12.6 Å². The highest BCUT2D eigenvalue weighted by atomic mass is 16.6. The first kappa shape index (κ1) is 18.8. The third-order valence-electron chi connectivity index (χ3n) is 2.78. The van der Waals surface area contributed by atoms with Gasteiger partial charge in [0.05, 0.1) is 12.6 Å². The van der Waals surface area contributed by atoms with Gasteiger partial charge in [-0.15, -0.1) is 0 Å². The summed E-state index contributed by atoms with van der Waals surface area (Å²) in [4.78, 5) is 23.0. The van der Waals surface area contributed by atoms with E-state index in [1.807, 2.05) is 39.8 Å². The maximum atomic E-state index is 11.7. The first-order chi connectivity index (χ1) is 10.7. The lowest BCUT2D eigenvalue weighted by Crippen LogP contribution is -2.34. The fourth-order valence-electron chi connectivity index (χ4n) is 1.77. The molecule has 0 saturated carbocycles. The molecule has 23 heavy (non-hydrogen) atoms. The Balaban J connectivity index is 2.52. The summed E-state index contributed by atoms with van der Waals surface area (Å²) in [6, 6.07) is 6.92. The van der Waals surface area contributed by atoms with Gasteiger partial charge in [0.25, 0.3) is 0 Å². The van der Waals surface area contributed by atoms with Crippen molar-refractivity contribution in [2.75, 3.05) is 13.2 Å². The quantitative estimate of drug-likeness (QED) is 0.814. The average Bonchev–Trinajstić information content (AvgIpc) is 2.44. The SMILES string of the molecule is CCOC(=O)COc1ccc([C@@H](C)NC(=O)OC(C)(C)C)cc1. The molecular weight excluding hydrogens is 298 g/mol. The second kappa shape index (κ2) is 8.41. The molecule has 6 nitrogen and oxygen atoms in total. The van der Waals surface area contributed by atoms with Crippen LogP contribution in [0.5, 0.6) is 5.75 Å². The number of carbonyl (C=O) groups excluding carboxylic acids is 2. The highest BCUT2D eigenvalue weighted by molar-refractivity contribution is 5.71. The van der Waals surface area contributed by atoms with Crippen molar-refractivity contribution in [1.82, 2.24) is 5.32 Å². The predicted molar refractivity (Wildman–Crippen MR) is 86.4 cm³/mol. The Morgan fingerprint density at radius 2 is 1.78 bits per heavy atom. The minimum Gasteiger partial charge on any atom is -0.482 e. The van der Waals surface area contributed by atoms with E-state index in [9.17, 15) is 9.59 Å². The summed E-state index contributed by atoms with van der Waals surface area (Å²) in [5, 5.41) is 2.76. The molecule has 1 aromatic rings. The molecule has 128 valence electrons. The van der Waals surface area contributed by atoms with Crippen LogP contribution < -0.4 is 10.1 Å². The van der Waals surface area contributed by atoms with Crippen LogP contribution in [0.15, 0.2) is 24.3 Å². The van der Waals surface area contributed by atoms with Gasteiger partial charge in [0.2, 0.25) is 0 Å². The van der Waals surface area contributed by atoms with Crippen LogP contribution in [0.4, 0.5) is 4.79 Å². The maximum absolute atomic E-state index is 11.7. The average molecular weight is 323 g/mol. The van der Waals surface area contributed by atoms with Crippen molar-refractivity contribution < 1.29 is 23.8 Å². The third-order valence-corrected chi connectivity index (χ3v) is 2.78. The first-order valence-corrected chi connectivity index (χ1v) is 7.59. The van der Waals surface area contributed by atoms with Crippen LogP contribution >= 0.6 is 0 Å². The molecule has 0 aromatic heterocycles. The number of hydrogen-bond acceptors (Lipinski definition) is 5. The molecular formula is C17H25NO5. The predicted octanol–water partition coefficient (Wildman–Crippen LogP) is 3.21. The molecule has 0 heterocycles. The topological polar surface area (TPSA) is 73.9 Å². The van der Waals surface area contributed by atoms with E-state index in [1.54, 1.807) is 19.1 Å². The number of esters is 1. The number of benzene rings is 1. The maximum Gasteiger partial charge on any atom is 0.408 e. The Bertz CT molecular complexity index is 519. The van der Waals surface area contributed by atoms with Crippen LogP contribution in [0, 0.1) is 0 Å². The second-order valence-corrected chi connectivity index (χ2v) is 6.03. The molecule has 0 aliphatic rings. The number of rotatable bonds is 6. The number of hydrogen-bond donors (Lipinski definition) is 1. The third kappa shape index (κ3) is 7.54. The summed E-state index contributed by atoms with van der Waals surface area (Å²) in [5.74, 6) is 0.155. The van der Waals surface area contributed by atoms with Gasteiger partial charge in [-0.25, -0.2) is 9.59 Å². The molecule has 6 heteroatoms. The van der Waals surface area contributed by atoms with Gasteiger partial charge in [-0.2, -0.15) is 0 Å². The monoisotopic (exact) mass is 323 g/mol. The summed E-state index contributed by atoms with van der Waals surface area (Å²) < 4.78 is 15.3. The number of alkyl carbamates (subject to hydrolysis) is 1. The standard InChI is InChI=1S/C17H25NO5/c1-6-21-15(19)11-22-14-9-7-13(8-10-14)12(2)18-16(20)23-17(3,4)5/h7-10,12H,6,11H2,1-5H3,(H,18,20)/t12-/m1/s1. The summed E-state index contributed by atoms with van der Waals surface area (Å²) >= 11 is 0. The van der Waals surface area contributed by atoms with E-state index in [4.69, 9.17) is 14.2 Å². The van der Waals surface area contributed by atoms with Gasteiger partial charge in [0, 0.05) is 0 Å². The van der Waals surface area contributed by atoms with E-state index in [0.717, 1.165) is 5.56 Å². The Labute approximate surface area is 137 Å². The first-order valence-electron chi connectivity index (χ1n) is 7.59. The van der Waals surface area contributed by atoms with Crippen LogP contribution in [-0.4, -0.2) is 30.9 Å². The summed E-state index contributed by atoms with van der Waals surface area (Å²) in [6.45, 7) is 9.24. The van der Waals surface area contributed by atoms with E-state index in [2.05, 4.69) is 5.32 Å². The van der Waals surface area contributed by atoms with Gasteiger partial charge in [0.1, 0.15) is 11.4 Å². The molecule has 0 aliphatic carbocycles. The molecule has 0 bridgehead atoms. The molecule has 0 radical (unpaired) electrons. The smallest absolute Gasteiger partial charge is 0.408 e. The summed E-state index contributed by atoms with van der Waals surface area (Å²) in [6.07, 6.45) is -0.465. The molecule has 0 spiro atoms. The molecule has 0 aliphatic heterocycles. The molecule has 0 saturated heterocycles. The largest absolute Gasteiger partial charge is 0.482 e. The van der Waals surface area contributed by atoms with Crippen molar-refractivity contribution in [2.45, 2.75) is 46.3 Å². The molecule has 1 rings (SSSR count). The van der Waals surface area contributed by atoms with Crippen molar-refractivity contribution >= 4 is 12.1 Å². The van der Waals surface area contributed by atoms with Gasteiger partial charge in [0.15, 0.2) is 6.61 Å². The fraction of sp³-hybridized carbons (Fsp3) is 0.529. The lowest BCUT2D eigenvalue weighted by Gasteiger charge is -2.22. The van der Waals surface area contributed by atoms with Crippen molar-refractivity contribution in [1.29, 1.82) is 0 Å². The van der Waals surface area contributed by atoms with E-state index in [0.29, 0.717) is 12.4 Å². The van der Waals surface area contributed by atoms with E-state index >= 15 is 0 Å². The Hall–Kier alpha value is -2.24. The number of nitrogens with one attached hydrogen (secondary N) is 1. The van der Waals surface area contributed by atoms with Crippen LogP contribution in [-0.2, 0) is 14.3 Å². The van der Waals surface area contributed by atoms with Gasteiger partial charge in [-0.1, -0.05) is 12.1 Å². The van der Waals surface area contributed by atoms with Gasteiger partial charge >= 0.3 is 12.1 Å². The summed E-state index contributed by atoms with van der Waals surface area (Å²) in [5.41, 5.74) is 0.369. The zero-order valence-corrected chi connectivity index (χ0v) is 14.3. The molecule has 0 fully saturated rings. The normalized spacial score (nSPS) is 12.2. The highest BCUT2D eigenvalue weighted by Crippen LogP contribution is 2.18. The number of ether oxygens (including phenoxy) is 3. The van der Waals surface area contributed by atoms with Gasteiger partial charge in [-0.05, 0) is 52.3 Å². The van der Waals surface area contributed by atoms with Crippen LogP contribution in [0.25, 0.3) is 0 Å². The lowest BCUT2D eigenvalue weighted by molar-refractivity contribution is -0.145. The number of carbonyl (C=O) groups is 2. The molecule has 0 unspecified atom stereocenters. The van der Waals surface area contributed by atoms with Gasteiger partial charge in [-0.3, -0.25) is 0 Å². The van der Waals surface area contributed by atoms with Crippen molar-refractivity contribution in [3.8, 4) is 5.75 Å². The fourth-order valence-corrected chi connectivity index (χ4v) is 1.77. The van der Waals surface area contributed by atoms with Crippen molar-refractivity contribution in [2.24, 2.45) is 0 Å². The highest BCUT2D eigenvalue weighted by Gasteiger charge is 2.18. The molecule has 1 aromatic carbocycles. The van der Waals surface area contributed by atoms with Crippen LogP contribution in [0.3, 0.4) is 0 Å². The second-order valence-electron chi connectivity index (χ2n) is 6.03. The van der Waals surface area contributed by atoms with Gasteiger partial charge < -0.3 is 19.5 Å². The minimum atomic E-state index is -0.533. The molecule has 1 atom stereocenters. The van der Waals surface area contributed by atoms with Crippen LogP contribution in [0.2, 0.25) is 0 Å². The Kier molecular flexibility index (Phi) is 6.88. The Morgan fingerprint density at radius 1 is 1.17 bits per heavy atom. The van der Waals surface area contributed by atoms with Crippen molar-refractivity contribution in [3.63, 3.8) is 0 Å². The lowest BCUT2D eigenvalue weighted by atomic mass is 10.1. The zero-order valence-electron chi connectivity index (χ0n) is 14.3. The van der Waals surface area contributed by atoms with Crippen LogP contribution in [0.1, 0.15) is 46.2 Å². The zero-order chi connectivity index (χ0) is 17.5. The summed E-state index contributed by atoms with van der Waals surface area (Å²) in [7, 11) is 0.